The average Bonchev–Trinajstić information content (AvgIpc) is 2.53. The highest BCUT2D eigenvalue weighted by Gasteiger charge is 2.37. The summed E-state index contributed by atoms with van der Waals surface area (Å²) in [7, 11) is 0. The standard InChI is InChI=1S/C13H13NO2/c1-4-9-7-5-6-8-10(9)11-14-13(2,3)12(15)16-11/h4-8H,1H2,2-3H3. The van der Waals surface area contributed by atoms with Gasteiger partial charge in [-0.05, 0) is 25.5 Å². The fourth-order valence-corrected chi connectivity index (χ4v) is 1.52. The zero-order valence-corrected chi connectivity index (χ0v) is 9.36. The van der Waals surface area contributed by atoms with Crippen molar-refractivity contribution in [2.45, 2.75) is 19.4 Å². The van der Waals surface area contributed by atoms with Crippen LogP contribution in [0.15, 0.2) is 35.8 Å². The van der Waals surface area contributed by atoms with Crippen molar-refractivity contribution in [1.29, 1.82) is 0 Å². The second kappa shape index (κ2) is 3.59. The van der Waals surface area contributed by atoms with Crippen molar-refractivity contribution in [2.75, 3.05) is 0 Å². The third-order valence-corrected chi connectivity index (χ3v) is 2.48. The summed E-state index contributed by atoms with van der Waals surface area (Å²) in [5, 5.41) is 0. The van der Waals surface area contributed by atoms with E-state index in [2.05, 4.69) is 11.6 Å². The van der Waals surface area contributed by atoms with Crippen LogP contribution in [0.1, 0.15) is 25.0 Å². The van der Waals surface area contributed by atoms with Gasteiger partial charge in [0.1, 0.15) is 0 Å². The highest BCUT2D eigenvalue weighted by molar-refractivity contribution is 6.09. The largest absolute Gasteiger partial charge is 0.405 e. The maximum Gasteiger partial charge on any atom is 0.340 e. The van der Waals surface area contributed by atoms with Crippen molar-refractivity contribution in [3.8, 4) is 0 Å². The van der Waals surface area contributed by atoms with E-state index in [9.17, 15) is 4.79 Å². The minimum absolute atomic E-state index is 0.318. The van der Waals surface area contributed by atoms with Crippen LogP contribution in [0.4, 0.5) is 0 Å². The lowest BCUT2D eigenvalue weighted by molar-refractivity contribution is -0.137. The van der Waals surface area contributed by atoms with Gasteiger partial charge in [0.25, 0.3) is 0 Å². The molecule has 0 radical (unpaired) electrons. The van der Waals surface area contributed by atoms with Crippen LogP contribution in [0.25, 0.3) is 6.08 Å². The molecular formula is C13H13NO2. The molecule has 0 bridgehead atoms. The SMILES string of the molecule is C=Cc1ccccc1C1=NC(C)(C)C(=O)O1. The molecule has 1 heterocycles. The summed E-state index contributed by atoms with van der Waals surface area (Å²) in [4.78, 5) is 15.8. The Balaban J connectivity index is 2.47. The van der Waals surface area contributed by atoms with Crippen molar-refractivity contribution < 1.29 is 9.53 Å². The first-order valence-corrected chi connectivity index (χ1v) is 5.08. The molecule has 2 rings (SSSR count). The molecule has 0 fully saturated rings. The molecule has 0 unspecified atom stereocenters. The number of esters is 1. The molecule has 1 aliphatic rings. The van der Waals surface area contributed by atoms with Gasteiger partial charge < -0.3 is 4.74 Å². The summed E-state index contributed by atoms with van der Waals surface area (Å²) in [5.41, 5.74) is 0.923. The topological polar surface area (TPSA) is 38.7 Å². The van der Waals surface area contributed by atoms with Crippen LogP contribution in [-0.2, 0) is 9.53 Å². The van der Waals surface area contributed by atoms with Crippen LogP contribution in [0.5, 0.6) is 0 Å². The number of ether oxygens (including phenoxy) is 1. The van der Waals surface area contributed by atoms with Gasteiger partial charge in [-0.1, -0.05) is 30.9 Å². The second-order valence-electron chi connectivity index (χ2n) is 4.16. The molecule has 0 amide bonds. The molecule has 0 aliphatic carbocycles. The number of hydrogen-bond donors (Lipinski definition) is 0. The van der Waals surface area contributed by atoms with E-state index in [-0.39, 0.29) is 5.97 Å². The lowest BCUT2D eigenvalue weighted by atomic mass is 10.1. The zero-order valence-electron chi connectivity index (χ0n) is 9.36. The Hall–Kier alpha value is -1.90. The third kappa shape index (κ3) is 1.65. The first-order valence-electron chi connectivity index (χ1n) is 5.08. The summed E-state index contributed by atoms with van der Waals surface area (Å²) in [6.45, 7) is 7.19. The summed E-state index contributed by atoms with van der Waals surface area (Å²) in [6.07, 6.45) is 1.72. The molecule has 0 spiro atoms. The first kappa shape index (κ1) is 10.6. The maximum atomic E-state index is 11.5. The van der Waals surface area contributed by atoms with Gasteiger partial charge in [-0.25, -0.2) is 9.79 Å². The third-order valence-electron chi connectivity index (χ3n) is 2.48. The lowest BCUT2D eigenvalue weighted by Gasteiger charge is -2.05. The van der Waals surface area contributed by atoms with Gasteiger partial charge in [0.2, 0.25) is 5.90 Å². The Bertz CT molecular complexity index is 486. The molecule has 0 N–H and O–H groups in total. The van der Waals surface area contributed by atoms with Gasteiger partial charge >= 0.3 is 5.97 Å². The summed E-state index contributed by atoms with van der Waals surface area (Å²) < 4.78 is 5.17. The van der Waals surface area contributed by atoms with Crippen LogP contribution in [0.2, 0.25) is 0 Å². The molecule has 0 saturated heterocycles. The molecule has 1 aliphatic heterocycles. The van der Waals surface area contributed by atoms with Gasteiger partial charge in [0, 0.05) is 5.56 Å². The average molecular weight is 215 g/mol. The Labute approximate surface area is 94.5 Å². The monoisotopic (exact) mass is 215 g/mol. The Morgan fingerprint density at radius 3 is 2.62 bits per heavy atom. The van der Waals surface area contributed by atoms with Gasteiger partial charge in [-0.15, -0.1) is 0 Å². The van der Waals surface area contributed by atoms with Crippen molar-refractivity contribution in [2.24, 2.45) is 4.99 Å². The van der Waals surface area contributed by atoms with Crippen molar-refractivity contribution in [1.82, 2.24) is 0 Å². The lowest BCUT2D eigenvalue weighted by Crippen LogP contribution is -2.25. The van der Waals surface area contributed by atoms with E-state index in [4.69, 9.17) is 4.74 Å². The van der Waals surface area contributed by atoms with Crippen molar-refractivity contribution in [3.05, 3.63) is 42.0 Å². The summed E-state index contributed by atoms with van der Waals surface area (Å²) in [6, 6.07) is 7.56. The predicted octanol–water partition coefficient (Wildman–Crippen LogP) is 2.41. The minimum atomic E-state index is -0.788. The minimum Gasteiger partial charge on any atom is -0.405 e. The number of rotatable bonds is 2. The number of carbonyl (C=O) groups is 1. The molecule has 16 heavy (non-hydrogen) atoms. The van der Waals surface area contributed by atoms with E-state index >= 15 is 0 Å². The molecule has 0 atom stereocenters. The first-order chi connectivity index (χ1) is 7.54. The smallest absolute Gasteiger partial charge is 0.340 e. The summed E-state index contributed by atoms with van der Waals surface area (Å²) >= 11 is 0. The summed E-state index contributed by atoms with van der Waals surface area (Å²) in [5.74, 6) is 0.0619. The van der Waals surface area contributed by atoms with Gasteiger partial charge in [0.15, 0.2) is 5.54 Å². The molecule has 82 valence electrons. The van der Waals surface area contributed by atoms with Crippen LogP contribution in [0, 0.1) is 0 Å². The van der Waals surface area contributed by atoms with E-state index in [1.165, 1.54) is 0 Å². The van der Waals surface area contributed by atoms with Crippen LogP contribution < -0.4 is 0 Å². The molecule has 0 saturated carbocycles. The number of aliphatic imine (C=N–C) groups is 1. The molecule has 1 aromatic carbocycles. The number of nitrogens with zero attached hydrogens (tertiary/aromatic N) is 1. The van der Waals surface area contributed by atoms with E-state index in [0.29, 0.717) is 5.90 Å². The Kier molecular flexibility index (Phi) is 2.38. The number of benzene rings is 1. The van der Waals surface area contributed by atoms with Gasteiger partial charge in [-0.3, -0.25) is 0 Å². The zero-order chi connectivity index (χ0) is 11.8. The van der Waals surface area contributed by atoms with E-state index in [1.54, 1.807) is 19.9 Å². The van der Waals surface area contributed by atoms with Gasteiger partial charge in [0.05, 0.1) is 0 Å². The fourth-order valence-electron chi connectivity index (χ4n) is 1.52. The molecular weight excluding hydrogens is 202 g/mol. The Morgan fingerprint density at radius 1 is 1.38 bits per heavy atom. The number of cyclic esters (lactones) is 1. The van der Waals surface area contributed by atoms with Crippen LogP contribution >= 0.6 is 0 Å². The van der Waals surface area contributed by atoms with E-state index in [1.807, 2.05) is 24.3 Å². The second-order valence-corrected chi connectivity index (χ2v) is 4.16. The fraction of sp³-hybridized carbons (Fsp3) is 0.231. The number of carbonyl (C=O) groups excluding carboxylic acids is 1. The number of hydrogen-bond acceptors (Lipinski definition) is 3. The maximum absolute atomic E-state index is 11.5. The van der Waals surface area contributed by atoms with Crippen LogP contribution in [0.3, 0.4) is 0 Å². The molecule has 3 nitrogen and oxygen atoms in total. The van der Waals surface area contributed by atoms with E-state index < -0.39 is 5.54 Å². The molecule has 0 aromatic heterocycles. The van der Waals surface area contributed by atoms with Crippen molar-refractivity contribution >= 4 is 17.9 Å². The highest BCUT2D eigenvalue weighted by Crippen LogP contribution is 2.24. The van der Waals surface area contributed by atoms with Crippen LogP contribution in [-0.4, -0.2) is 17.4 Å². The van der Waals surface area contributed by atoms with Gasteiger partial charge in [-0.2, -0.15) is 0 Å². The molecule has 1 aromatic rings. The highest BCUT2D eigenvalue weighted by atomic mass is 16.6. The normalized spacial score (nSPS) is 17.9. The van der Waals surface area contributed by atoms with Crippen molar-refractivity contribution in [3.63, 3.8) is 0 Å². The molecule has 3 heteroatoms. The quantitative estimate of drug-likeness (QED) is 0.710. The Morgan fingerprint density at radius 2 is 2.06 bits per heavy atom. The van der Waals surface area contributed by atoms with E-state index in [0.717, 1.165) is 11.1 Å². The predicted molar refractivity (Wildman–Crippen MR) is 63.2 cm³/mol.